The molecule has 1 atom stereocenters. The molecule has 0 nitrogen and oxygen atoms in total. The quantitative estimate of drug-likeness (QED) is 0.551. The second-order valence-corrected chi connectivity index (χ2v) is 6.26. The minimum absolute atomic E-state index is 0.276. The Balaban J connectivity index is 2.47. The van der Waals surface area contributed by atoms with Gasteiger partial charge in [-0.1, -0.05) is 44.0 Å². The number of rotatable bonds is 2. The Morgan fingerprint density at radius 2 is 1.78 bits per heavy atom. The first-order valence-electron chi connectivity index (χ1n) is 5.34. The molecule has 0 saturated carbocycles. The van der Waals surface area contributed by atoms with Crippen LogP contribution in [0.15, 0.2) is 45.3 Å². The van der Waals surface area contributed by atoms with E-state index >= 15 is 0 Å². The summed E-state index contributed by atoms with van der Waals surface area (Å²) in [6.07, 6.45) is 0. The molecular formula is C14H10Br2ClF. The van der Waals surface area contributed by atoms with Gasteiger partial charge < -0.3 is 0 Å². The molecule has 0 radical (unpaired) electrons. The Morgan fingerprint density at radius 3 is 2.44 bits per heavy atom. The third-order valence-corrected chi connectivity index (χ3v) is 4.35. The maximum atomic E-state index is 13.9. The molecule has 0 bridgehead atoms. The van der Waals surface area contributed by atoms with Crippen molar-refractivity contribution in [1.82, 2.24) is 0 Å². The van der Waals surface area contributed by atoms with Crippen molar-refractivity contribution in [2.24, 2.45) is 0 Å². The summed E-state index contributed by atoms with van der Waals surface area (Å²) in [7, 11) is 0. The Bertz CT molecular complexity index is 584. The Labute approximate surface area is 127 Å². The Kier molecular flexibility index (Phi) is 4.46. The van der Waals surface area contributed by atoms with E-state index in [-0.39, 0.29) is 5.82 Å². The van der Waals surface area contributed by atoms with Crippen molar-refractivity contribution in [2.45, 2.75) is 12.3 Å². The molecule has 0 aliphatic carbocycles. The number of hydrogen-bond donors (Lipinski definition) is 0. The summed E-state index contributed by atoms with van der Waals surface area (Å²) in [5, 5.41) is -0.516. The summed E-state index contributed by atoms with van der Waals surface area (Å²) in [6.45, 7) is 1.85. The molecule has 0 saturated heterocycles. The number of halogens is 4. The van der Waals surface area contributed by atoms with Gasteiger partial charge in [0.1, 0.15) is 5.82 Å². The van der Waals surface area contributed by atoms with Crippen molar-refractivity contribution < 1.29 is 4.39 Å². The largest absolute Gasteiger partial charge is 0.207 e. The second kappa shape index (κ2) is 5.72. The van der Waals surface area contributed by atoms with Crippen molar-refractivity contribution in [2.75, 3.05) is 0 Å². The first kappa shape index (κ1) is 14.0. The zero-order valence-corrected chi connectivity index (χ0v) is 13.5. The molecule has 0 spiro atoms. The fourth-order valence-corrected chi connectivity index (χ4v) is 3.06. The van der Waals surface area contributed by atoms with Crippen LogP contribution >= 0.6 is 43.5 Å². The molecule has 2 rings (SSSR count). The van der Waals surface area contributed by atoms with Crippen molar-refractivity contribution in [3.05, 3.63) is 67.9 Å². The van der Waals surface area contributed by atoms with Gasteiger partial charge in [0.05, 0.1) is 5.38 Å². The number of aryl methyl sites for hydroxylation is 1. The van der Waals surface area contributed by atoms with Gasteiger partial charge in [0, 0.05) is 14.5 Å². The third-order valence-electron chi connectivity index (χ3n) is 2.66. The normalized spacial score (nSPS) is 12.5. The summed E-state index contributed by atoms with van der Waals surface area (Å²) in [5.41, 5.74) is 2.21. The van der Waals surface area contributed by atoms with E-state index in [2.05, 4.69) is 31.9 Å². The zero-order chi connectivity index (χ0) is 13.3. The van der Waals surface area contributed by atoms with Crippen molar-refractivity contribution in [3.8, 4) is 0 Å². The highest BCUT2D eigenvalue weighted by molar-refractivity contribution is 9.11. The van der Waals surface area contributed by atoms with Crippen LogP contribution in [0.2, 0.25) is 0 Å². The lowest BCUT2D eigenvalue weighted by atomic mass is 10.0. The van der Waals surface area contributed by atoms with Gasteiger partial charge in [-0.25, -0.2) is 4.39 Å². The predicted molar refractivity (Wildman–Crippen MR) is 80.7 cm³/mol. The van der Waals surface area contributed by atoms with Crippen molar-refractivity contribution >= 4 is 43.5 Å². The van der Waals surface area contributed by atoms with E-state index in [9.17, 15) is 4.39 Å². The predicted octanol–water partition coefficient (Wildman–Crippen LogP) is 5.99. The van der Waals surface area contributed by atoms with Gasteiger partial charge in [-0.2, -0.15) is 0 Å². The lowest BCUT2D eigenvalue weighted by molar-refractivity contribution is 0.611. The van der Waals surface area contributed by atoms with Gasteiger partial charge in [0.2, 0.25) is 0 Å². The van der Waals surface area contributed by atoms with Gasteiger partial charge in [0.15, 0.2) is 0 Å². The van der Waals surface area contributed by atoms with Gasteiger partial charge in [-0.3, -0.25) is 0 Å². The number of benzene rings is 2. The summed E-state index contributed by atoms with van der Waals surface area (Å²) >= 11 is 13.2. The third kappa shape index (κ3) is 2.95. The Morgan fingerprint density at radius 1 is 1.06 bits per heavy atom. The molecule has 4 heteroatoms. The summed E-state index contributed by atoms with van der Waals surface area (Å²) < 4.78 is 15.7. The molecule has 0 aliphatic rings. The molecule has 0 aromatic heterocycles. The Hall–Kier alpha value is -0.380. The lowest BCUT2D eigenvalue weighted by Crippen LogP contribution is -1.98. The maximum absolute atomic E-state index is 13.9. The molecule has 2 aromatic carbocycles. The van der Waals surface area contributed by atoms with Crippen LogP contribution in [0.25, 0.3) is 0 Å². The van der Waals surface area contributed by atoms with Crippen molar-refractivity contribution in [3.63, 3.8) is 0 Å². The zero-order valence-electron chi connectivity index (χ0n) is 9.55. The van der Waals surface area contributed by atoms with E-state index in [1.807, 2.05) is 31.2 Å². The maximum Gasteiger partial charge on any atom is 0.128 e. The van der Waals surface area contributed by atoms with Crippen LogP contribution in [0.1, 0.15) is 22.1 Å². The fraction of sp³-hybridized carbons (Fsp3) is 0.143. The average Bonchev–Trinajstić information content (AvgIpc) is 2.31. The van der Waals surface area contributed by atoms with E-state index in [0.717, 1.165) is 20.1 Å². The number of hydrogen-bond acceptors (Lipinski definition) is 0. The first-order valence-corrected chi connectivity index (χ1v) is 7.36. The smallest absolute Gasteiger partial charge is 0.128 e. The van der Waals surface area contributed by atoms with E-state index in [1.54, 1.807) is 6.07 Å². The van der Waals surface area contributed by atoms with Crippen LogP contribution in [0.4, 0.5) is 4.39 Å². The van der Waals surface area contributed by atoms with Crippen LogP contribution in [0, 0.1) is 12.7 Å². The van der Waals surface area contributed by atoms with E-state index in [0.29, 0.717) is 5.56 Å². The van der Waals surface area contributed by atoms with Crippen LogP contribution in [-0.4, -0.2) is 0 Å². The molecule has 1 unspecified atom stereocenters. The van der Waals surface area contributed by atoms with Crippen LogP contribution in [-0.2, 0) is 0 Å². The highest BCUT2D eigenvalue weighted by atomic mass is 79.9. The first-order chi connectivity index (χ1) is 8.49. The second-order valence-electron chi connectivity index (χ2n) is 4.05. The standard InChI is InChI=1S/C14H10Br2ClF/c1-8-2-4-10(13(18)6-8)14(17)11-7-9(15)3-5-12(11)16/h2-7,14H,1H3. The SMILES string of the molecule is Cc1ccc(C(Cl)c2cc(Br)ccc2Br)c(F)c1. The minimum atomic E-state index is -0.516. The van der Waals surface area contributed by atoms with Gasteiger partial charge in [-0.05, 0) is 42.3 Å². The highest BCUT2D eigenvalue weighted by Gasteiger charge is 2.18. The molecule has 0 heterocycles. The molecule has 0 aliphatic heterocycles. The molecule has 0 fully saturated rings. The van der Waals surface area contributed by atoms with Gasteiger partial charge >= 0.3 is 0 Å². The van der Waals surface area contributed by atoms with E-state index in [4.69, 9.17) is 11.6 Å². The van der Waals surface area contributed by atoms with Crippen LogP contribution in [0.3, 0.4) is 0 Å². The topological polar surface area (TPSA) is 0 Å². The molecule has 0 amide bonds. The average molecular weight is 392 g/mol. The summed E-state index contributed by atoms with van der Waals surface area (Å²) in [6, 6.07) is 10.8. The molecule has 2 aromatic rings. The molecule has 0 N–H and O–H groups in total. The van der Waals surface area contributed by atoms with E-state index < -0.39 is 5.38 Å². The monoisotopic (exact) mass is 390 g/mol. The molecule has 94 valence electrons. The summed E-state index contributed by atoms with van der Waals surface area (Å²) in [5.74, 6) is -0.276. The fourth-order valence-electron chi connectivity index (χ4n) is 1.71. The minimum Gasteiger partial charge on any atom is -0.207 e. The van der Waals surface area contributed by atoms with Crippen LogP contribution < -0.4 is 0 Å². The van der Waals surface area contributed by atoms with Gasteiger partial charge in [0.25, 0.3) is 0 Å². The van der Waals surface area contributed by atoms with E-state index in [1.165, 1.54) is 6.07 Å². The summed E-state index contributed by atoms with van der Waals surface area (Å²) in [4.78, 5) is 0. The van der Waals surface area contributed by atoms with Crippen LogP contribution in [0.5, 0.6) is 0 Å². The lowest BCUT2D eigenvalue weighted by Gasteiger charge is -2.14. The molecular weight excluding hydrogens is 382 g/mol. The van der Waals surface area contributed by atoms with Crippen molar-refractivity contribution in [1.29, 1.82) is 0 Å². The molecule has 18 heavy (non-hydrogen) atoms. The van der Waals surface area contributed by atoms with Gasteiger partial charge in [-0.15, -0.1) is 11.6 Å². The highest BCUT2D eigenvalue weighted by Crippen LogP contribution is 2.36. The number of alkyl halides is 1.